The molecule has 0 unspecified atom stereocenters. The van der Waals surface area contributed by atoms with Gasteiger partial charge in [0, 0.05) is 30.9 Å². The Labute approximate surface area is 169 Å². The quantitative estimate of drug-likeness (QED) is 0.415. The van der Waals surface area contributed by atoms with Crippen LogP contribution in [0.5, 0.6) is 0 Å². The molecule has 2 aromatic heterocycles. The van der Waals surface area contributed by atoms with Crippen molar-refractivity contribution >= 4 is 23.6 Å². The number of benzene rings is 1. The average molecular weight is 392 g/mol. The predicted molar refractivity (Wildman–Crippen MR) is 114 cm³/mol. The molecule has 0 radical (unpaired) electrons. The lowest BCUT2D eigenvalue weighted by atomic mass is 10.0. The molecule has 0 spiro atoms. The van der Waals surface area contributed by atoms with E-state index >= 15 is 0 Å². The zero-order valence-corrected chi connectivity index (χ0v) is 16.7. The first-order valence-corrected chi connectivity index (χ1v) is 9.21. The highest BCUT2D eigenvalue weighted by atomic mass is 16.5. The van der Waals surface area contributed by atoms with Gasteiger partial charge < -0.3 is 21.1 Å². The van der Waals surface area contributed by atoms with Crippen LogP contribution in [0, 0.1) is 13.8 Å². The summed E-state index contributed by atoms with van der Waals surface area (Å²) >= 11 is 0. The highest BCUT2D eigenvalue weighted by Gasteiger charge is 2.09. The highest BCUT2D eigenvalue weighted by Crippen LogP contribution is 2.25. The highest BCUT2D eigenvalue weighted by molar-refractivity contribution is 5.89. The molecule has 0 amide bonds. The standard InChI is InChI=1S/C21H24N6O2/c1-13-5-4-6-16(14(13)2)17-11-19(27-21(22)26-17)24-10-9-23-18-8-7-15(12-25-18)20(28)29-3/h4-8,11-12H,9-10H2,1-3H3,(H,23,25)(H3,22,24,26,27). The molecule has 1 aromatic carbocycles. The number of ether oxygens (including phenoxy) is 1. The Kier molecular flexibility index (Phi) is 6.23. The molecule has 0 saturated heterocycles. The number of anilines is 3. The third kappa shape index (κ3) is 4.98. The third-order valence-electron chi connectivity index (χ3n) is 4.55. The smallest absolute Gasteiger partial charge is 0.339 e. The topological polar surface area (TPSA) is 115 Å². The van der Waals surface area contributed by atoms with Gasteiger partial charge in [0.05, 0.1) is 18.4 Å². The number of nitrogen functional groups attached to an aromatic ring is 1. The number of rotatable bonds is 7. The van der Waals surface area contributed by atoms with Gasteiger partial charge >= 0.3 is 5.97 Å². The maximum atomic E-state index is 11.4. The minimum atomic E-state index is -0.410. The van der Waals surface area contributed by atoms with Crippen molar-refractivity contribution in [3.63, 3.8) is 0 Å². The van der Waals surface area contributed by atoms with Crippen molar-refractivity contribution in [3.8, 4) is 11.3 Å². The molecule has 0 fully saturated rings. The number of aryl methyl sites for hydroxylation is 1. The fourth-order valence-corrected chi connectivity index (χ4v) is 2.84. The lowest BCUT2D eigenvalue weighted by Gasteiger charge is -2.12. The lowest BCUT2D eigenvalue weighted by Crippen LogP contribution is -2.16. The van der Waals surface area contributed by atoms with Crippen molar-refractivity contribution in [3.05, 3.63) is 59.3 Å². The van der Waals surface area contributed by atoms with Crippen LogP contribution < -0.4 is 16.4 Å². The van der Waals surface area contributed by atoms with Crippen molar-refractivity contribution in [1.29, 1.82) is 0 Å². The van der Waals surface area contributed by atoms with Crippen LogP contribution in [0.1, 0.15) is 21.5 Å². The second-order valence-electron chi connectivity index (χ2n) is 6.52. The first-order valence-electron chi connectivity index (χ1n) is 9.21. The SMILES string of the molecule is COC(=O)c1ccc(NCCNc2cc(-c3cccc(C)c3C)nc(N)n2)nc1. The van der Waals surface area contributed by atoms with Crippen LogP contribution in [-0.2, 0) is 4.74 Å². The number of nitrogens with two attached hydrogens (primary N) is 1. The van der Waals surface area contributed by atoms with Gasteiger partial charge in [-0.15, -0.1) is 0 Å². The van der Waals surface area contributed by atoms with Crippen LogP contribution in [0.25, 0.3) is 11.3 Å². The molecule has 0 aliphatic carbocycles. The molecule has 0 atom stereocenters. The summed E-state index contributed by atoms with van der Waals surface area (Å²) < 4.78 is 4.66. The van der Waals surface area contributed by atoms with Crippen LogP contribution >= 0.6 is 0 Å². The van der Waals surface area contributed by atoms with E-state index in [1.165, 1.54) is 24.4 Å². The van der Waals surface area contributed by atoms with Crippen molar-refractivity contribution in [2.75, 3.05) is 36.6 Å². The van der Waals surface area contributed by atoms with Gasteiger partial charge in [-0.05, 0) is 37.1 Å². The summed E-state index contributed by atoms with van der Waals surface area (Å²) in [7, 11) is 1.34. The zero-order chi connectivity index (χ0) is 20.8. The molecular formula is C21H24N6O2. The Morgan fingerprint density at radius 2 is 1.83 bits per heavy atom. The van der Waals surface area contributed by atoms with Crippen LogP contribution in [0.3, 0.4) is 0 Å². The van der Waals surface area contributed by atoms with Crippen molar-refractivity contribution < 1.29 is 9.53 Å². The molecular weight excluding hydrogens is 368 g/mol. The second-order valence-corrected chi connectivity index (χ2v) is 6.52. The average Bonchev–Trinajstić information content (AvgIpc) is 2.72. The van der Waals surface area contributed by atoms with Gasteiger partial charge in [-0.25, -0.2) is 14.8 Å². The summed E-state index contributed by atoms with van der Waals surface area (Å²) in [5.74, 6) is 1.13. The Hall–Kier alpha value is -3.68. The fraction of sp³-hybridized carbons (Fsp3) is 0.238. The first kappa shape index (κ1) is 20.1. The number of carbonyl (C=O) groups is 1. The predicted octanol–water partition coefficient (Wildman–Crippen LogP) is 3.05. The van der Waals surface area contributed by atoms with E-state index in [2.05, 4.69) is 50.2 Å². The number of aromatic nitrogens is 3. The number of nitrogens with zero attached hydrogens (tertiary/aromatic N) is 3. The molecule has 0 aliphatic heterocycles. The summed E-state index contributed by atoms with van der Waals surface area (Å²) in [6, 6.07) is 11.4. The zero-order valence-electron chi connectivity index (χ0n) is 16.7. The lowest BCUT2D eigenvalue weighted by molar-refractivity contribution is 0.0600. The number of methoxy groups -OCH3 is 1. The van der Waals surface area contributed by atoms with Crippen LogP contribution in [0.2, 0.25) is 0 Å². The van der Waals surface area contributed by atoms with Gasteiger partial charge in [-0.2, -0.15) is 4.98 Å². The van der Waals surface area contributed by atoms with Gasteiger partial charge in [0.2, 0.25) is 5.95 Å². The van der Waals surface area contributed by atoms with E-state index in [1.54, 1.807) is 12.1 Å². The number of hydrogen-bond acceptors (Lipinski definition) is 8. The number of carbonyl (C=O) groups excluding carboxylic acids is 1. The molecule has 3 aromatic rings. The minimum absolute atomic E-state index is 0.221. The fourth-order valence-electron chi connectivity index (χ4n) is 2.84. The normalized spacial score (nSPS) is 10.4. The minimum Gasteiger partial charge on any atom is -0.465 e. The first-order chi connectivity index (χ1) is 14.0. The maximum Gasteiger partial charge on any atom is 0.339 e. The van der Waals surface area contributed by atoms with Crippen molar-refractivity contribution in [2.24, 2.45) is 0 Å². The van der Waals surface area contributed by atoms with Gasteiger partial charge in [0.1, 0.15) is 11.6 Å². The third-order valence-corrected chi connectivity index (χ3v) is 4.55. The van der Waals surface area contributed by atoms with Crippen LogP contribution in [0.4, 0.5) is 17.6 Å². The van der Waals surface area contributed by atoms with Crippen molar-refractivity contribution in [2.45, 2.75) is 13.8 Å². The van der Waals surface area contributed by atoms with E-state index in [4.69, 9.17) is 5.73 Å². The van der Waals surface area contributed by atoms with E-state index in [-0.39, 0.29) is 5.95 Å². The summed E-state index contributed by atoms with van der Waals surface area (Å²) in [5, 5.41) is 6.42. The monoisotopic (exact) mass is 392 g/mol. The summed E-state index contributed by atoms with van der Waals surface area (Å²) in [6.45, 7) is 5.34. The van der Waals surface area contributed by atoms with E-state index in [0.29, 0.717) is 30.3 Å². The number of pyridine rings is 1. The molecule has 8 heteroatoms. The second kappa shape index (κ2) is 9.01. The number of hydrogen-bond donors (Lipinski definition) is 3. The van der Waals surface area contributed by atoms with Gasteiger partial charge in [0.15, 0.2) is 0 Å². The van der Waals surface area contributed by atoms with Crippen LogP contribution in [-0.4, -0.2) is 41.1 Å². The summed E-state index contributed by atoms with van der Waals surface area (Å²) in [5.41, 5.74) is 10.5. The summed E-state index contributed by atoms with van der Waals surface area (Å²) in [6.07, 6.45) is 1.48. The Balaban J connectivity index is 1.60. The molecule has 3 rings (SSSR count). The Morgan fingerprint density at radius 1 is 1.07 bits per heavy atom. The van der Waals surface area contributed by atoms with Gasteiger partial charge in [0.25, 0.3) is 0 Å². The molecule has 29 heavy (non-hydrogen) atoms. The van der Waals surface area contributed by atoms with Gasteiger partial charge in [-0.1, -0.05) is 18.2 Å². The van der Waals surface area contributed by atoms with Gasteiger partial charge in [-0.3, -0.25) is 0 Å². The molecule has 4 N–H and O–H groups in total. The number of esters is 1. The van der Waals surface area contributed by atoms with E-state index in [9.17, 15) is 4.79 Å². The van der Waals surface area contributed by atoms with E-state index < -0.39 is 5.97 Å². The van der Waals surface area contributed by atoms with Crippen LogP contribution in [0.15, 0.2) is 42.6 Å². The molecule has 150 valence electrons. The molecule has 2 heterocycles. The molecule has 0 aliphatic rings. The Bertz CT molecular complexity index is 1000. The summed E-state index contributed by atoms with van der Waals surface area (Å²) in [4.78, 5) is 24.2. The number of nitrogens with one attached hydrogen (secondary N) is 2. The van der Waals surface area contributed by atoms with Crippen molar-refractivity contribution in [1.82, 2.24) is 15.0 Å². The molecule has 0 bridgehead atoms. The van der Waals surface area contributed by atoms with E-state index in [1.807, 2.05) is 18.2 Å². The van der Waals surface area contributed by atoms with E-state index in [0.717, 1.165) is 11.3 Å². The Morgan fingerprint density at radius 3 is 2.52 bits per heavy atom. The largest absolute Gasteiger partial charge is 0.465 e. The molecule has 0 saturated carbocycles. The maximum absolute atomic E-state index is 11.4. The molecule has 8 nitrogen and oxygen atoms in total.